The lowest BCUT2D eigenvalue weighted by Crippen LogP contribution is -2.42. The zero-order valence-electron chi connectivity index (χ0n) is 14.2. The van der Waals surface area contributed by atoms with Crippen LogP contribution < -0.4 is 9.84 Å². The summed E-state index contributed by atoms with van der Waals surface area (Å²) in [5, 5.41) is 22.4. The van der Waals surface area contributed by atoms with Crippen molar-refractivity contribution in [1.29, 1.82) is 0 Å². The molecular weight excluding hydrogens is 310 g/mol. The second-order valence-corrected chi connectivity index (χ2v) is 6.82. The van der Waals surface area contributed by atoms with Crippen molar-refractivity contribution < 1.29 is 19.6 Å². The normalized spacial score (nSPS) is 17.8. The van der Waals surface area contributed by atoms with E-state index in [1.54, 1.807) is 0 Å². The van der Waals surface area contributed by atoms with Gasteiger partial charge in [-0.1, -0.05) is 33.1 Å². The standard InChI is InChI=1S/C18H25NO5/c1-13(2)18(10-6-4-3-5-7-11-18)24-16-12-14(17(20)21)8-9-15(16)19(22)23/h8-9,12-13H,3-7,10-11H2,1-2H3,(H,20,21)/p-1. The highest BCUT2D eigenvalue weighted by atomic mass is 16.6. The van der Waals surface area contributed by atoms with Crippen molar-refractivity contribution in [2.24, 2.45) is 5.92 Å². The Bertz CT molecular complexity index is 603. The summed E-state index contributed by atoms with van der Waals surface area (Å²) in [4.78, 5) is 21.9. The molecule has 132 valence electrons. The van der Waals surface area contributed by atoms with Gasteiger partial charge in [-0.15, -0.1) is 0 Å². The molecular formula is C18H24NO5-. The maximum Gasteiger partial charge on any atom is 0.310 e. The van der Waals surface area contributed by atoms with E-state index in [0.717, 1.165) is 38.5 Å². The number of carboxylic acid groups (broad SMARTS) is 1. The molecule has 0 heterocycles. The summed E-state index contributed by atoms with van der Waals surface area (Å²) in [7, 11) is 0. The number of carbonyl (C=O) groups is 1. The molecule has 2 rings (SSSR count). The van der Waals surface area contributed by atoms with Crippen LogP contribution in [-0.2, 0) is 0 Å². The molecule has 1 aromatic rings. The molecule has 1 fully saturated rings. The molecule has 1 aliphatic carbocycles. The Morgan fingerprint density at radius 2 is 1.75 bits per heavy atom. The van der Waals surface area contributed by atoms with Gasteiger partial charge in [0, 0.05) is 11.6 Å². The Morgan fingerprint density at radius 1 is 1.17 bits per heavy atom. The lowest BCUT2D eigenvalue weighted by Gasteiger charge is -2.39. The van der Waals surface area contributed by atoms with Crippen molar-refractivity contribution in [2.75, 3.05) is 0 Å². The molecule has 0 atom stereocenters. The number of nitro benzene ring substituents is 1. The van der Waals surface area contributed by atoms with Crippen LogP contribution in [0.2, 0.25) is 0 Å². The van der Waals surface area contributed by atoms with Crippen molar-refractivity contribution in [3.05, 3.63) is 33.9 Å². The molecule has 0 N–H and O–H groups in total. The zero-order valence-corrected chi connectivity index (χ0v) is 14.2. The summed E-state index contributed by atoms with van der Waals surface area (Å²) in [6.07, 6.45) is 7.10. The topological polar surface area (TPSA) is 92.5 Å². The molecule has 0 aromatic heterocycles. The molecule has 0 radical (unpaired) electrons. The number of rotatable bonds is 5. The van der Waals surface area contributed by atoms with E-state index in [9.17, 15) is 20.0 Å². The lowest BCUT2D eigenvalue weighted by atomic mass is 9.79. The molecule has 0 aliphatic heterocycles. The van der Waals surface area contributed by atoms with Crippen LogP contribution in [0.5, 0.6) is 5.75 Å². The average molecular weight is 334 g/mol. The molecule has 0 amide bonds. The Hall–Kier alpha value is -2.11. The Morgan fingerprint density at radius 3 is 2.25 bits per heavy atom. The van der Waals surface area contributed by atoms with Crippen molar-refractivity contribution in [2.45, 2.75) is 64.4 Å². The summed E-state index contributed by atoms with van der Waals surface area (Å²) in [6, 6.07) is 3.58. The fourth-order valence-corrected chi connectivity index (χ4v) is 3.39. The van der Waals surface area contributed by atoms with Gasteiger partial charge in [0.1, 0.15) is 5.60 Å². The third-order valence-corrected chi connectivity index (χ3v) is 4.96. The van der Waals surface area contributed by atoms with E-state index in [0.29, 0.717) is 0 Å². The van der Waals surface area contributed by atoms with E-state index < -0.39 is 16.5 Å². The fraction of sp³-hybridized carbons (Fsp3) is 0.611. The maximum absolute atomic E-state index is 11.3. The van der Waals surface area contributed by atoms with Gasteiger partial charge in [-0.3, -0.25) is 10.1 Å². The van der Waals surface area contributed by atoms with Crippen molar-refractivity contribution in [1.82, 2.24) is 0 Å². The summed E-state index contributed by atoms with van der Waals surface area (Å²) < 4.78 is 6.19. The van der Waals surface area contributed by atoms with E-state index in [-0.39, 0.29) is 22.9 Å². The molecule has 24 heavy (non-hydrogen) atoms. The monoisotopic (exact) mass is 334 g/mol. The van der Waals surface area contributed by atoms with Crippen LogP contribution >= 0.6 is 0 Å². The minimum Gasteiger partial charge on any atom is -0.545 e. The van der Waals surface area contributed by atoms with Gasteiger partial charge in [0.05, 0.1) is 10.9 Å². The van der Waals surface area contributed by atoms with Gasteiger partial charge in [0.25, 0.3) is 0 Å². The van der Waals surface area contributed by atoms with Crippen molar-refractivity contribution in [3.8, 4) is 5.75 Å². The zero-order chi connectivity index (χ0) is 17.7. The Kier molecular flexibility index (Phi) is 5.80. The number of nitrogens with zero attached hydrogens (tertiary/aromatic N) is 1. The highest BCUT2D eigenvalue weighted by Crippen LogP contribution is 2.40. The third-order valence-electron chi connectivity index (χ3n) is 4.96. The first-order chi connectivity index (χ1) is 11.4. The Balaban J connectivity index is 2.41. The van der Waals surface area contributed by atoms with Crippen LogP contribution in [0.15, 0.2) is 18.2 Å². The molecule has 1 saturated carbocycles. The number of carboxylic acids is 1. The smallest absolute Gasteiger partial charge is 0.310 e. The number of benzene rings is 1. The number of carbonyl (C=O) groups excluding carboxylic acids is 1. The average Bonchev–Trinajstić information content (AvgIpc) is 2.49. The minimum absolute atomic E-state index is 0.0240. The summed E-state index contributed by atoms with van der Waals surface area (Å²) in [6.45, 7) is 4.10. The van der Waals surface area contributed by atoms with Crippen LogP contribution in [0.4, 0.5) is 5.69 Å². The second-order valence-electron chi connectivity index (χ2n) is 6.82. The third kappa shape index (κ3) is 4.04. The summed E-state index contributed by atoms with van der Waals surface area (Å²) in [5.74, 6) is -1.18. The molecule has 6 nitrogen and oxygen atoms in total. The van der Waals surface area contributed by atoms with Crippen molar-refractivity contribution >= 4 is 11.7 Å². The van der Waals surface area contributed by atoms with E-state index in [1.165, 1.54) is 24.6 Å². The van der Waals surface area contributed by atoms with Crippen LogP contribution in [0.25, 0.3) is 0 Å². The van der Waals surface area contributed by atoms with E-state index in [2.05, 4.69) is 13.8 Å². The van der Waals surface area contributed by atoms with Crippen LogP contribution in [0.1, 0.15) is 69.2 Å². The first-order valence-electron chi connectivity index (χ1n) is 8.54. The fourth-order valence-electron chi connectivity index (χ4n) is 3.39. The lowest BCUT2D eigenvalue weighted by molar-refractivity contribution is -0.386. The SMILES string of the molecule is CC(C)C1(Oc2cc(C(=O)[O-])ccc2[N+](=O)[O-])CCCCCCC1. The quantitative estimate of drug-likeness (QED) is 0.607. The van der Waals surface area contributed by atoms with Gasteiger partial charge in [-0.2, -0.15) is 0 Å². The number of nitro groups is 1. The molecule has 0 bridgehead atoms. The Labute approximate surface area is 142 Å². The van der Waals surface area contributed by atoms with Gasteiger partial charge in [-0.05, 0) is 43.7 Å². The van der Waals surface area contributed by atoms with Gasteiger partial charge in [0.15, 0.2) is 5.75 Å². The number of hydrogen-bond donors (Lipinski definition) is 0. The summed E-state index contributed by atoms with van der Waals surface area (Å²) in [5.41, 5.74) is -0.821. The number of aromatic carboxylic acids is 1. The predicted octanol–water partition coefficient (Wildman–Crippen LogP) is 3.48. The first-order valence-corrected chi connectivity index (χ1v) is 8.54. The van der Waals surface area contributed by atoms with Gasteiger partial charge in [-0.25, -0.2) is 0 Å². The van der Waals surface area contributed by atoms with Crippen molar-refractivity contribution in [3.63, 3.8) is 0 Å². The number of ether oxygens (including phenoxy) is 1. The first kappa shape index (κ1) is 18.2. The molecule has 6 heteroatoms. The minimum atomic E-state index is -1.37. The molecule has 0 unspecified atom stereocenters. The van der Waals surface area contributed by atoms with Gasteiger partial charge >= 0.3 is 5.69 Å². The molecule has 0 saturated heterocycles. The number of hydrogen-bond acceptors (Lipinski definition) is 5. The van der Waals surface area contributed by atoms with E-state index in [1.807, 2.05) is 0 Å². The second kappa shape index (κ2) is 7.64. The van der Waals surface area contributed by atoms with Crippen LogP contribution in [-0.4, -0.2) is 16.5 Å². The molecule has 1 aromatic carbocycles. The van der Waals surface area contributed by atoms with Gasteiger partial charge in [0.2, 0.25) is 0 Å². The predicted molar refractivity (Wildman–Crippen MR) is 87.9 cm³/mol. The summed E-state index contributed by atoms with van der Waals surface area (Å²) >= 11 is 0. The van der Waals surface area contributed by atoms with E-state index in [4.69, 9.17) is 4.74 Å². The van der Waals surface area contributed by atoms with Crippen LogP contribution in [0, 0.1) is 16.0 Å². The molecule has 0 spiro atoms. The molecule has 1 aliphatic rings. The van der Waals surface area contributed by atoms with Gasteiger partial charge < -0.3 is 14.6 Å². The highest BCUT2D eigenvalue weighted by Gasteiger charge is 2.37. The largest absolute Gasteiger partial charge is 0.545 e. The highest BCUT2D eigenvalue weighted by molar-refractivity contribution is 5.87. The van der Waals surface area contributed by atoms with Crippen LogP contribution in [0.3, 0.4) is 0 Å². The van der Waals surface area contributed by atoms with E-state index >= 15 is 0 Å². The maximum atomic E-state index is 11.3.